The summed E-state index contributed by atoms with van der Waals surface area (Å²) in [5.41, 5.74) is -0.160. The quantitative estimate of drug-likeness (QED) is 0.378. The molecule has 1 aromatic rings. The molecule has 204 valence electrons. The molecule has 1 unspecified atom stereocenters. The van der Waals surface area contributed by atoms with Crippen LogP contribution in [0.5, 0.6) is 0 Å². The van der Waals surface area contributed by atoms with Gasteiger partial charge in [-0.05, 0) is 24.8 Å². The van der Waals surface area contributed by atoms with Gasteiger partial charge in [-0.25, -0.2) is 0 Å². The van der Waals surface area contributed by atoms with E-state index in [-0.39, 0.29) is 24.3 Å². The molecule has 4 aliphatic heterocycles. The summed E-state index contributed by atoms with van der Waals surface area (Å²) in [5.74, 6) is -1.88. The first-order valence-electron chi connectivity index (χ1n) is 14.1. The molecule has 4 aliphatic rings. The zero-order valence-electron chi connectivity index (χ0n) is 22.2. The SMILES string of the molecule is CCCCCN1CC=C[C@]23O[C@H]4C=CCN(Cc5ccccc5)C(=O)[C@H]4[C@H]2C(=O)N(CCCCO)C3C1=O. The number of rotatable bonds is 10. The number of amides is 3. The Bertz CT molecular complexity index is 1090. The number of fused-ring (bicyclic) bond motifs is 2. The lowest BCUT2D eigenvalue weighted by atomic mass is 9.77. The van der Waals surface area contributed by atoms with Gasteiger partial charge in [-0.2, -0.15) is 0 Å². The highest BCUT2D eigenvalue weighted by Gasteiger charge is 2.71. The molecule has 4 heterocycles. The number of unbranched alkanes of at least 4 members (excludes halogenated alkanes) is 3. The van der Waals surface area contributed by atoms with Gasteiger partial charge in [0.2, 0.25) is 17.7 Å². The number of carbonyl (C=O) groups excluding carboxylic acids is 3. The highest BCUT2D eigenvalue weighted by Crippen LogP contribution is 2.53. The molecule has 1 N–H and O–H groups in total. The smallest absolute Gasteiger partial charge is 0.249 e. The predicted octanol–water partition coefficient (Wildman–Crippen LogP) is 2.53. The van der Waals surface area contributed by atoms with E-state index in [4.69, 9.17) is 4.74 Å². The Morgan fingerprint density at radius 1 is 0.921 bits per heavy atom. The first kappa shape index (κ1) is 26.6. The lowest BCUT2D eigenvalue weighted by Crippen LogP contribution is -2.55. The lowest BCUT2D eigenvalue weighted by Gasteiger charge is -2.35. The van der Waals surface area contributed by atoms with Gasteiger partial charge in [0.05, 0.1) is 17.9 Å². The Morgan fingerprint density at radius 3 is 2.45 bits per heavy atom. The number of ether oxygens (including phenoxy) is 1. The molecule has 0 aliphatic carbocycles. The maximum atomic E-state index is 14.1. The monoisotopic (exact) mass is 521 g/mol. The molecule has 5 rings (SSSR count). The van der Waals surface area contributed by atoms with E-state index in [1.807, 2.05) is 59.5 Å². The topological polar surface area (TPSA) is 90.4 Å². The van der Waals surface area contributed by atoms with Crippen LogP contribution in [0.4, 0.5) is 0 Å². The largest absolute Gasteiger partial charge is 0.396 e. The molecule has 0 aromatic heterocycles. The molecule has 1 spiro atoms. The number of aliphatic hydroxyl groups excluding tert-OH is 1. The molecule has 0 bridgehead atoms. The van der Waals surface area contributed by atoms with Crippen LogP contribution in [0.2, 0.25) is 0 Å². The molecule has 0 radical (unpaired) electrons. The number of aliphatic hydroxyl groups is 1. The van der Waals surface area contributed by atoms with Gasteiger partial charge < -0.3 is 24.5 Å². The van der Waals surface area contributed by atoms with Crippen LogP contribution in [-0.2, 0) is 25.7 Å². The van der Waals surface area contributed by atoms with Crippen molar-refractivity contribution in [1.82, 2.24) is 14.7 Å². The number of hydrogen-bond donors (Lipinski definition) is 1. The second kappa shape index (κ2) is 11.4. The van der Waals surface area contributed by atoms with E-state index in [0.717, 1.165) is 24.8 Å². The van der Waals surface area contributed by atoms with Crippen LogP contribution in [-0.4, -0.2) is 88.1 Å². The summed E-state index contributed by atoms with van der Waals surface area (Å²) < 4.78 is 6.68. The van der Waals surface area contributed by atoms with Crippen molar-refractivity contribution in [1.29, 1.82) is 0 Å². The van der Waals surface area contributed by atoms with Crippen molar-refractivity contribution >= 4 is 17.7 Å². The van der Waals surface area contributed by atoms with Crippen molar-refractivity contribution in [3.05, 3.63) is 60.2 Å². The fraction of sp³-hybridized carbons (Fsp3) is 0.567. The van der Waals surface area contributed by atoms with Crippen LogP contribution < -0.4 is 0 Å². The number of hydrogen-bond acceptors (Lipinski definition) is 5. The second-order valence-corrected chi connectivity index (χ2v) is 10.8. The maximum absolute atomic E-state index is 14.1. The molecular formula is C30H39N3O5. The van der Waals surface area contributed by atoms with Crippen molar-refractivity contribution in [3.8, 4) is 0 Å². The fourth-order valence-electron chi connectivity index (χ4n) is 6.57. The molecule has 1 aromatic carbocycles. The molecule has 3 amide bonds. The first-order chi connectivity index (χ1) is 18.5. The van der Waals surface area contributed by atoms with E-state index in [2.05, 4.69) is 6.92 Å². The van der Waals surface area contributed by atoms with E-state index >= 15 is 0 Å². The standard InChI is InChI=1S/C30H39N3O5/c1-2-3-7-16-31-18-11-15-30-25(28(36)33(19-8-9-20-34)26(30)29(31)37)24-23(38-30)14-10-17-32(27(24)35)21-22-12-5-4-6-13-22/h4-6,10-15,23-26,34H,2-3,7-9,16-21H2,1H3/t23-,24+,25-,26?,30-/m0/s1. The number of carbonyl (C=O) groups is 3. The molecular weight excluding hydrogens is 482 g/mol. The predicted molar refractivity (Wildman–Crippen MR) is 143 cm³/mol. The van der Waals surface area contributed by atoms with Crippen LogP contribution >= 0.6 is 0 Å². The lowest BCUT2D eigenvalue weighted by molar-refractivity contribution is -0.148. The van der Waals surface area contributed by atoms with Gasteiger partial charge in [0.15, 0.2) is 0 Å². The fourth-order valence-corrected chi connectivity index (χ4v) is 6.57. The summed E-state index contributed by atoms with van der Waals surface area (Å²) in [6.07, 6.45) is 11.2. The van der Waals surface area contributed by atoms with E-state index in [1.54, 1.807) is 9.80 Å². The minimum absolute atomic E-state index is 0.0250. The Balaban J connectivity index is 1.49. The summed E-state index contributed by atoms with van der Waals surface area (Å²) in [4.78, 5) is 47.5. The third-order valence-electron chi connectivity index (χ3n) is 8.38. The van der Waals surface area contributed by atoms with Crippen LogP contribution in [0.3, 0.4) is 0 Å². The third kappa shape index (κ3) is 4.69. The number of likely N-dealkylation sites (tertiary alicyclic amines) is 1. The Morgan fingerprint density at radius 2 is 1.68 bits per heavy atom. The Kier molecular flexibility index (Phi) is 8.00. The zero-order chi connectivity index (χ0) is 26.7. The van der Waals surface area contributed by atoms with Gasteiger partial charge >= 0.3 is 0 Å². The van der Waals surface area contributed by atoms with E-state index in [9.17, 15) is 19.5 Å². The van der Waals surface area contributed by atoms with Crippen molar-refractivity contribution in [2.24, 2.45) is 11.8 Å². The molecule has 8 heteroatoms. The van der Waals surface area contributed by atoms with Gasteiger partial charge in [-0.3, -0.25) is 14.4 Å². The van der Waals surface area contributed by atoms with Crippen LogP contribution in [0.1, 0.15) is 44.6 Å². The molecule has 8 nitrogen and oxygen atoms in total. The number of nitrogens with zero attached hydrogens (tertiary/aromatic N) is 3. The van der Waals surface area contributed by atoms with Gasteiger partial charge in [0.1, 0.15) is 11.6 Å². The van der Waals surface area contributed by atoms with Gasteiger partial charge in [-0.15, -0.1) is 0 Å². The van der Waals surface area contributed by atoms with Crippen molar-refractivity contribution in [3.63, 3.8) is 0 Å². The van der Waals surface area contributed by atoms with Crippen LogP contribution in [0, 0.1) is 11.8 Å². The average molecular weight is 522 g/mol. The summed E-state index contributed by atoms with van der Waals surface area (Å²) in [7, 11) is 0. The highest BCUT2D eigenvalue weighted by molar-refractivity contribution is 5.99. The summed E-state index contributed by atoms with van der Waals surface area (Å²) >= 11 is 0. The van der Waals surface area contributed by atoms with Crippen LogP contribution in [0.15, 0.2) is 54.6 Å². The normalized spacial score (nSPS) is 30.4. The molecule has 2 saturated heterocycles. The zero-order valence-corrected chi connectivity index (χ0v) is 22.2. The summed E-state index contributed by atoms with van der Waals surface area (Å²) in [5, 5.41) is 9.36. The molecule has 0 saturated carbocycles. The maximum Gasteiger partial charge on any atom is 0.249 e. The molecule has 2 fully saturated rings. The Labute approximate surface area is 224 Å². The highest BCUT2D eigenvalue weighted by atomic mass is 16.5. The summed E-state index contributed by atoms with van der Waals surface area (Å²) in [6, 6.07) is 9.02. The molecule has 5 atom stereocenters. The molecule has 38 heavy (non-hydrogen) atoms. The third-order valence-corrected chi connectivity index (χ3v) is 8.38. The van der Waals surface area contributed by atoms with Gasteiger partial charge in [-0.1, -0.05) is 74.4 Å². The minimum atomic E-state index is -1.18. The number of benzene rings is 1. The van der Waals surface area contributed by atoms with E-state index in [1.165, 1.54) is 0 Å². The first-order valence-corrected chi connectivity index (χ1v) is 14.1. The van der Waals surface area contributed by atoms with Crippen molar-refractivity contribution in [2.45, 2.75) is 63.3 Å². The summed E-state index contributed by atoms with van der Waals surface area (Å²) in [6.45, 7) is 4.50. The van der Waals surface area contributed by atoms with Crippen molar-refractivity contribution in [2.75, 3.05) is 32.8 Å². The van der Waals surface area contributed by atoms with Crippen LogP contribution in [0.25, 0.3) is 0 Å². The average Bonchev–Trinajstić information content (AvgIpc) is 3.24. The van der Waals surface area contributed by atoms with E-state index < -0.39 is 29.6 Å². The van der Waals surface area contributed by atoms with Crippen molar-refractivity contribution < 1.29 is 24.2 Å². The van der Waals surface area contributed by atoms with E-state index in [0.29, 0.717) is 45.6 Å². The van der Waals surface area contributed by atoms with Gasteiger partial charge in [0, 0.05) is 39.3 Å². The second-order valence-electron chi connectivity index (χ2n) is 10.8. The van der Waals surface area contributed by atoms with Gasteiger partial charge in [0.25, 0.3) is 0 Å². The Hall–Kier alpha value is -2.97. The minimum Gasteiger partial charge on any atom is -0.396 e.